The molecular weight excluding hydrogens is 352 g/mol. The molecule has 2 aromatic rings. The van der Waals surface area contributed by atoms with Gasteiger partial charge in [-0.1, -0.05) is 18.2 Å². The second kappa shape index (κ2) is 9.34. The lowest BCUT2D eigenvalue weighted by Crippen LogP contribution is -2.52. The summed E-state index contributed by atoms with van der Waals surface area (Å²) in [4.78, 5) is 13.7. The van der Waals surface area contributed by atoms with E-state index in [4.69, 9.17) is 4.74 Å². The predicted molar refractivity (Wildman–Crippen MR) is 112 cm³/mol. The maximum absolute atomic E-state index is 11.2. The van der Waals surface area contributed by atoms with Gasteiger partial charge in [0.05, 0.1) is 17.8 Å². The largest absolute Gasteiger partial charge is 0.382 e. The third kappa shape index (κ3) is 5.42. The molecule has 3 rings (SSSR count). The van der Waals surface area contributed by atoms with Gasteiger partial charge in [0.25, 0.3) is 0 Å². The highest BCUT2D eigenvalue weighted by Gasteiger charge is 2.36. The zero-order valence-electron chi connectivity index (χ0n) is 17.2. The highest BCUT2D eigenvalue weighted by Crippen LogP contribution is 2.28. The van der Waals surface area contributed by atoms with Crippen molar-refractivity contribution in [3.05, 3.63) is 47.8 Å². The van der Waals surface area contributed by atoms with Gasteiger partial charge in [-0.05, 0) is 51.8 Å². The van der Waals surface area contributed by atoms with Crippen LogP contribution in [0.3, 0.4) is 0 Å². The number of aldehydes is 1. The fraction of sp³-hybridized carbons (Fsp3) is 0.545. The molecule has 1 atom stereocenters. The molecule has 2 heterocycles. The van der Waals surface area contributed by atoms with Crippen molar-refractivity contribution in [1.82, 2.24) is 14.7 Å². The number of benzene rings is 1. The summed E-state index contributed by atoms with van der Waals surface area (Å²) in [7, 11) is 0. The van der Waals surface area contributed by atoms with Crippen LogP contribution in [0.1, 0.15) is 31.2 Å². The Hall–Kier alpha value is -2.18. The summed E-state index contributed by atoms with van der Waals surface area (Å²) < 4.78 is 8.29. The standard InChI is InChI=1S/C22H32N4O2/c1-18-15-19(2)26(24-18)14-13-25-11-9-22(10-12-25,28-20(3)16-27)17-23-21-7-5-4-6-8-21/h4-8,15-16,20,23H,9-14,17H2,1-3H3. The number of hydrogen-bond acceptors (Lipinski definition) is 5. The Balaban J connectivity index is 1.56. The SMILES string of the molecule is Cc1cc(C)n(CCN2CCC(CNc3ccccc3)(OC(C)C=O)CC2)n1. The van der Waals surface area contributed by atoms with E-state index in [0.29, 0.717) is 6.54 Å². The number of hydrogen-bond donors (Lipinski definition) is 1. The van der Waals surface area contributed by atoms with Crippen molar-refractivity contribution in [3.8, 4) is 0 Å². The summed E-state index contributed by atoms with van der Waals surface area (Å²) in [6.45, 7) is 10.5. The summed E-state index contributed by atoms with van der Waals surface area (Å²) in [6.07, 6.45) is 2.31. The van der Waals surface area contributed by atoms with Crippen molar-refractivity contribution in [2.45, 2.75) is 51.9 Å². The maximum Gasteiger partial charge on any atom is 0.148 e. The molecular formula is C22H32N4O2. The van der Waals surface area contributed by atoms with Crippen LogP contribution in [-0.4, -0.2) is 58.9 Å². The Kier molecular flexibility index (Phi) is 6.86. The van der Waals surface area contributed by atoms with Crippen LogP contribution in [-0.2, 0) is 16.1 Å². The summed E-state index contributed by atoms with van der Waals surface area (Å²) >= 11 is 0. The zero-order chi connectivity index (χ0) is 20.0. The van der Waals surface area contributed by atoms with E-state index in [1.807, 2.05) is 32.0 Å². The summed E-state index contributed by atoms with van der Waals surface area (Å²) in [6, 6.07) is 12.3. The van der Waals surface area contributed by atoms with Gasteiger partial charge in [-0.25, -0.2) is 0 Å². The Morgan fingerprint density at radius 1 is 1.21 bits per heavy atom. The van der Waals surface area contributed by atoms with Crippen LogP contribution in [0.2, 0.25) is 0 Å². The molecule has 0 amide bonds. The molecule has 6 nitrogen and oxygen atoms in total. The van der Waals surface area contributed by atoms with Crippen molar-refractivity contribution in [1.29, 1.82) is 0 Å². The van der Waals surface area contributed by atoms with Crippen molar-refractivity contribution in [3.63, 3.8) is 0 Å². The van der Waals surface area contributed by atoms with Gasteiger partial charge >= 0.3 is 0 Å². The van der Waals surface area contributed by atoms with Crippen LogP contribution in [0.4, 0.5) is 5.69 Å². The molecule has 1 N–H and O–H groups in total. The minimum Gasteiger partial charge on any atom is -0.382 e. The number of nitrogens with one attached hydrogen (secondary N) is 1. The smallest absolute Gasteiger partial charge is 0.148 e. The predicted octanol–water partition coefficient (Wildman–Crippen LogP) is 3.05. The summed E-state index contributed by atoms with van der Waals surface area (Å²) in [5.74, 6) is 0. The molecule has 1 unspecified atom stereocenters. The van der Waals surface area contributed by atoms with Crippen molar-refractivity contribution in [2.24, 2.45) is 0 Å². The highest BCUT2D eigenvalue weighted by atomic mass is 16.5. The quantitative estimate of drug-likeness (QED) is 0.674. The molecule has 0 aliphatic carbocycles. The summed E-state index contributed by atoms with van der Waals surface area (Å²) in [5.41, 5.74) is 3.04. The van der Waals surface area contributed by atoms with E-state index in [-0.39, 0.29) is 11.7 Å². The topological polar surface area (TPSA) is 59.4 Å². The second-order valence-corrected chi connectivity index (χ2v) is 7.85. The van der Waals surface area contributed by atoms with Crippen molar-refractivity contribution in [2.75, 3.05) is 31.5 Å². The zero-order valence-corrected chi connectivity index (χ0v) is 17.2. The van der Waals surface area contributed by atoms with E-state index < -0.39 is 0 Å². The molecule has 6 heteroatoms. The Labute approximate surface area is 167 Å². The number of piperidine rings is 1. The van der Waals surface area contributed by atoms with E-state index in [1.54, 1.807) is 0 Å². The van der Waals surface area contributed by atoms with Gasteiger partial charge in [0.15, 0.2) is 0 Å². The van der Waals surface area contributed by atoms with E-state index >= 15 is 0 Å². The number of carbonyl (C=O) groups is 1. The Bertz CT molecular complexity index is 751. The molecule has 1 aromatic carbocycles. The Morgan fingerprint density at radius 3 is 2.54 bits per heavy atom. The molecule has 1 saturated heterocycles. The van der Waals surface area contributed by atoms with Gasteiger partial charge in [-0.15, -0.1) is 0 Å². The first-order valence-corrected chi connectivity index (χ1v) is 10.2. The fourth-order valence-electron chi connectivity index (χ4n) is 3.90. The lowest BCUT2D eigenvalue weighted by Gasteiger charge is -2.42. The number of aryl methyl sites for hydroxylation is 2. The fourth-order valence-corrected chi connectivity index (χ4v) is 3.90. The van der Waals surface area contributed by atoms with Gasteiger partial charge in [-0.3, -0.25) is 4.68 Å². The molecule has 1 aliphatic rings. The van der Waals surface area contributed by atoms with Crippen molar-refractivity contribution >= 4 is 12.0 Å². The van der Waals surface area contributed by atoms with E-state index in [2.05, 4.69) is 45.1 Å². The molecule has 0 saturated carbocycles. The molecule has 1 aromatic heterocycles. The first kappa shape index (κ1) is 20.6. The van der Waals surface area contributed by atoms with Crippen LogP contribution >= 0.6 is 0 Å². The minimum atomic E-state index is -0.390. The van der Waals surface area contributed by atoms with E-state index in [9.17, 15) is 4.79 Å². The number of ether oxygens (including phenoxy) is 1. The monoisotopic (exact) mass is 384 g/mol. The minimum absolute atomic E-state index is 0.315. The normalized spacial score (nSPS) is 18.0. The van der Waals surface area contributed by atoms with Crippen LogP contribution in [0, 0.1) is 13.8 Å². The van der Waals surface area contributed by atoms with Gasteiger partial charge in [0.2, 0.25) is 0 Å². The first-order chi connectivity index (χ1) is 13.5. The number of aromatic nitrogens is 2. The van der Waals surface area contributed by atoms with Crippen LogP contribution in [0.15, 0.2) is 36.4 Å². The molecule has 152 valence electrons. The van der Waals surface area contributed by atoms with Gasteiger partial charge < -0.3 is 19.7 Å². The number of anilines is 1. The Morgan fingerprint density at radius 2 is 1.93 bits per heavy atom. The lowest BCUT2D eigenvalue weighted by atomic mass is 9.90. The third-order valence-corrected chi connectivity index (χ3v) is 5.51. The number of likely N-dealkylation sites (tertiary alicyclic amines) is 1. The second-order valence-electron chi connectivity index (χ2n) is 7.85. The van der Waals surface area contributed by atoms with Crippen LogP contribution in [0.5, 0.6) is 0 Å². The third-order valence-electron chi connectivity index (χ3n) is 5.51. The average Bonchev–Trinajstić information content (AvgIpc) is 3.04. The average molecular weight is 385 g/mol. The number of rotatable bonds is 9. The number of carbonyl (C=O) groups excluding carboxylic acids is 1. The van der Waals surface area contributed by atoms with Gasteiger partial charge in [0.1, 0.15) is 12.4 Å². The van der Waals surface area contributed by atoms with E-state index in [1.165, 1.54) is 5.69 Å². The maximum atomic E-state index is 11.2. The van der Waals surface area contributed by atoms with Crippen LogP contribution in [0.25, 0.3) is 0 Å². The highest BCUT2D eigenvalue weighted by molar-refractivity contribution is 5.55. The van der Waals surface area contributed by atoms with E-state index in [0.717, 1.165) is 56.7 Å². The molecule has 1 fully saturated rings. The molecule has 0 radical (unpaired) electrons. The number of para-hydroxylation sites is 1. The first-order valence-electron chi connectivity index (χ1n) is 10.2. The molecule has 0 bridgehead atoms. The lowest BCUT2D eigenvalue weighted by molar-refractivity contribution is -0.137. The van der Waals surface area contributed by atoms with Crippen LogP contribution < -0.4 is 5.32 Å². The van der Waals surface area contributed by atoms with Crippen molar-refractivity contribution < 1.29 is 9.53 Å². The molecule has 1 aliphatic heterocycles. The van der Waals surface area contributed by atoms with Gasteiger partial charge in [0, 0.05) is 37.6 Å². The van der Waals surface area contributed by atoms with Gasteiger partial charge in [-0.2, -0.15) is 5.10 Å². The molecule has 0 spiro atoms. The summed E-state index contributed by atoms with van der Waals surface area (Å²) in [5, 5.41) is 8.05. The number of nitrogens with zero attached hydrogens (tertiary/aromatic N) is 3. The molecule has 28 heavy (non-hydrogen) atoms.